The van der Waals surface area contributed by atoms with E-state index in [9.17, 15) is 8.78 Å². The maximum Gasteiger partial charge on any atom is 0.127 e. The summed E-state index contributed by atoms with van der Waals surface area (Å²) in [7, 11) is -2.48. The zero-order valence-corrected chi connectivity index (χ0v) is 69.6. The Morgan fingerprint density at radius 1 is 0.240 bits per heavy atom. The van der Waals surface area contributed by atoms with Gasteiger partial charge in [0, 0.05) is 34.1 Å². The van der Waals surface area contributed by atoms with E-state index in [0.717, 1.165) is 168 Å². The number of fused-ring (bicyclic) bond motifs is 9. The highest BCUT2D eigenvalue weighted by atomic mass is 28.3. The van der Waals surface area contributed by atoms with E-state index in [1.54, 1.807) is 24.3 Å². The van der Waals surface area contributed by atoms with Gasteiger partial charge in [0.25, 0.3) is 0 Å². The van der Waals surface area contributed by atoms with E-state index in [2.05, 4.69) is 279 Å². The summed E-state index contributed by atoms with van der Waals surface area (Å²) in [6.07, 6.45) is 3.63. The summed E-state index contributed by atoms with van der Waals surface area (Å²) in [5, 5.41) is 2.62. The third-order valence-corrected chi connectivity index (χ3v) is 29.1. The van der Waals surface area contributed by atoms with Crippen molar-refractivity contribution in [3.8, 4) is 101 Å². The number of ether oxygens (including phenoxy) is 2. The molecule has 125 heavy (non-hydrogen) atoms. The van der Waals surface area contributed by atoms with Crippen LogP contribution >= 0.6 is 0 Å². The topological polar surface area (TPSA) is 24.9 Å². The highest BCUT2D eigenvalue weighted by Gasteiger charge is 2.49. The van der Waals surface area contributed by atoms with Crippen molar-refractivity contribution in [1.82, 2.24) is 0 Å². The normalized spacial score (nSPS) is 14.7. The molecule has 0 N–H and O–H groups in total. The van der Waals surface area contributed by atoms with Gasteiger partial charge in [0.15, 0.2) is 0 Å². The fourth-order valence-corrected chi connectivity index (χ4v) is 22.6. The second kappa shape index (κ2) is 31.2. The minimum Gasteiger partial charge on any atom is -0.457 e. The summed E-state index contributed by atoms with van der Waals surface area (Å²) in [5.74, 6) is 1.51. The van der Waals surface area contributed by atoms with E-state index in [4.69, 9.17) is 9.47 Å². The van der Waals surface area contributed by atoms with Gasteiger partial charge in [-0.1, -0.05) is 269 Å². The summed E-state index contributed by atoms with van der Waals surface area (Å²) in [5.41, 5.74) is 28.0. The van der Waals surface area contributed by atoms with Crippen molar-refractivity contribution in [2.75, 3.05) is 9.80 Å². The molecule has 18 aromatic carbocycles. The molecule has 2 aliphatic carbocycles. The molecular weight excluding hydrogens is 1560 g/mol. The molecule has 598 valence electrons. The van der Waals surface area contributed by atoms with Crippen LogP contribution in [0.25, 0.3) is 90.0 Å². The molecule has 0 amide bonds. The van der Waals surface area contributed by atoms with Crippen molar-refractivity contribution in [2.24, 2.45) is 0 Å². The third kappa shape index (κ3) is 13.5. The molecule has 0 aromatic heterocycles. The van der Waals surface area contributed by atoms with Crippen LogP contribution in [-0.2, 0) is 10.8 Å². The van der Waals surface area contributed by atoms with E-state index < -0.39 is 18.9 Å². The number of hydrogen-bond donors (Lipinski definition) is 0. The van der Waals surface area contributed by atoms with Crippen molar-refractivity contribution in [3.63, 3.8) is 0 Å². The zero-order chi connectivity index (χ0) is 84.7. The lowest BCUT2D eigenvalue weighted by Crippen LogP contribution is -2.49. The summed E-state index contributed by atoms with van der Waals surface area (Å²) in [4.78, 5) is 4.76. The second-order valence-corrected chi connectivity index (χ2v) is 37.2. The van der Waals surface area contributed by atoms with Crippen LogP contribution in [0.3, 0.4) is 0 Å². The molecule has 18 aromatic rings. The molecule has 0 saturated carbocycles. The minimum atomic E-state index is -2.48. The highest BCUT2D eigenvalue weighted by Crippen LogP contribution is 2.60. The van der Waals surface area contributed by atoms with Gasteiger partial charge >= 0.3 is 0 Å². The van der Waals surface area contributed by atoms with E-state index in [0.29, 0.717) is 23.0 Å². The van der Waals surface area contributed by atoms with Gasteiger partial charge in [0.2, 0.25) is 0 Å². The lowest BCUT2D eigenvalue weighted by atomic mass is 9.67. The van der Waals surface area contributed by atoms with Crippen LogP contribution in [0.5, 0.6) is 23.0 Å². The first-order chi connectivity index (χ1) is 61.2. The molecule has 21 rings (SSSR count). The van der Waals surface area contributed by atoms with Crippen LogP contribution in [0, 0.1) is 23.3 Å². The molecule has 3 aliphatic rings. The third-order valence-electron chi connectivity index (χ3n) is 25.6. The summed E-state index contributed by atoms with van der Waals surface area (Å²) in [6.45, 7) is 12.8. The van der Waals surface area contributed by atoms with Gasteiger partial charge < -0.3 is 19.3 Å². The Hall–Kier alpha value is -15.4. The molecule has 0 spiro atoms. The first-order valence-electron chi connectivity index (χ1n) is 42.0. The molecule has 0 bridgehead atoms. The predicted molar refractivity (Wildman–Crippen MR) is 507 cm³/mol. The summed E-state index contributed by atoms with van der Waals surface area (Å²) < 4.78 is 72.9. The lowest BCUT2D eigenvalue weighted by Gasteiger charge is -2.35. The fourth-order valence-electron chi connectivity index (χ4n) is 19.5. The van der Waals surface area contributed by atoms with Gasteiger partial charge in [-0.15, -0.1) is 0 Å². The van der Waals surface area contributed by atoms with Crippen molar-refractivity contribution in [1.29, 1.82) is 0 Å². The van der Waals surface area contributed by atoms with E-state index >= 15 is 8.78 Å². The van der Waals surface area contributed by atoms with Gasteiger partial charge in [0.1, 0.15) is 54.3 Å². The molecule has 2 unspecified atom stereocenters. The Morgan fingerprint density at radius 3 is 0.848 bits per heavy atom. The predicted octanol–water partition coefficient (Wildman–Crippen LogP) is 30.3. The van der Waals surface area contributed by atoms with Gasteiger partial charge in [-0.3, -0.25) is 0 Å². The molecule has 4 nitrogen and oxygen atoms in total. The quantitative estimate of drug-likeness (QED) is 0.0561. The number of rotatable bonds is 20. The van der Waals surface area contributed by atoms with Crippen LogP contribution in [0.4, 0.5) is 51.7 Å². The van der Waals surface area contributed by atoms with Crippen molar-refractivity contribution < 1.29 is 27.0 Å². The fraction of sp³-hybridized carbons (Fsp3) is 0.0345. The molecule has 1 heterocycles. The SMILES string of the molecule is C=Cc1ccc(Oc2ccc(C3(c4ccc(F)cc4)c4ccccc4-c4ccc(N(c5ccc(-c6cccc(-c7ccc(F)cc7)c6)cc5)c5ccc6c(c5)-c5cc(N(c7ccc(-c8cccc(-c9ccc(F)cc9)c8)cc7)c7ccc8c(c7)C(c7ccc(F)cc7)(c7ccc(Oc9ccc(C=C)cc9)cc7)c7ccccc7-8)ccc5[Si]6(C)C)cc43)cc2)cc1. The Morgan fingerprint density at radius 2 is 0.512 bits per heavy atom. The first-order valence-corrected chi connectivity index (χ1v) is 45.0. The second-order valence-electron chi connectivity index (χ2n) is 32.9. The maximum atomic E-state index is 15.6. The molecule has 0 fully saturated rings. The highest BCUT2D eigenvalue weighted by molar-refractivity contribution is 7.03. The average molecular weight is 1640 g/mol. The number of halogens is 4. The van der Waals surface area contributed by atoms with Crippen LogP contribution in [0.1, 0.15) is 55.6 Å². The number of nitrogens with zero attached hydrogens (tertiary/aromatic N) is 2. The molecule has 0 saturated heterocycles. The van der Waals surface area contributed by atoms with Crippen molar-refractivity contribution in [3.05, 3.63) is 505 Å². The molecule has 1 aliphatic heterocycles. The monoisotopic (exact) mass is 1640 g/mol. The van der Waals surface area contributed by atoms with Gasteiger partial charge in [-0.2, -0.15) is 0 Å². The van der Waals surface area contributed by atoms with E-state index in [-0.39, 0.29) is 23.3 Å². The van der Waals surface area contributed by atoms with E-state index in [1.807, 2.05) is 133 Å². The van der Waals surface area contributed by atoms with Crippen LogP contribution < -0.4 is 29.6 Å². The smallest absolute Gasteiger partial charge is 0.127 e. The minimum absolute atomic E-state index is 0.285. The van der Waals surface area contributed by atoms with Gasteiger partial charge in [-0.25, -0.2) is 17.6 Å². The van der Waals surface area contributed by atoms with Crippen LogP contribution in [0.15, 0.2) is 426 Å². The standard InChI is InChI=1S/C116H80F4N2O2Si/c1-5-75-21-57-99(58-22-75)123-101-61-37-87(38-62-101)115(85-33-45-91(119)46-34-85)109-19-9-7-17-103(109)105-65-53-97(73-111(105)115)121(93-49-29-79(30-50-93)83-15-11-13-81(69-83)77-25-41-89(117)42-26-77)95-55-67-113-107(71-95)108-72-96(56-68-114(108)125(113,3)4)122(94-51-31-80(32-52-94)84-16-12-14-82(70-84)78-27-43-90(118)44-28-78)98-54-66-106-104-18-8-10-20-110(104)116(112(106)74-98,86-35-47-92(120)48-36-86)88-39-63-102(64-40-88)124-100-59-23-76(6-2)24-60-100/h5-74H,1-2H2,3-4H3. The largest absolute Gasteiger partial charge is 0.457 e. The molecule has 9 heteroatoms. The van der Waals surface area contributed by atoms with Gasteiger partial charge in [-0.05, 0) is 326 Å². The zero-order valence-electron chi connectivity index (χ0n) is 68.6. The summed E-state index contributed by atoms with van der Waals surface area (Å²) >= 11 is 0. The Balaban J connectivity index is 0.735. The van der Waals surface area contributed by atoms with Gasteiger partial charge in [0.05, 0.1) is 10.8 Å². The average Bonchev–Trinajstić information content (AvgIpc) is 1.55. The number of benzene rings is 18. The van der Waals surface area contributed by atoms with Crippen LogP contribution in [-0.4, -0.2) is 8.07 Å². The Labute approximate surface area is 726 Å². The van der Waals surface area contributed by atoms with Crippen molar-refractivity contribution >= 4 is 64.7 Å². The molecule has 0 radical (unpaired) electrons. The maximum absolute atomic E-state index is 15.6. The number of anilines is 6. The van der Waals surface area contributed by atoms with E-state index in [1.165, 1.54) is 34.6 Å². The molecular formula is C116H80F4N2O2Si. The molecule has 2 atom stereocenters. The summed E-state index contributed by atoms with van der Waals surface area (Å²) in [6, 6.07) is 139. The lowest BCUT2D eigenvalue weighted by molar-refractivity contribution is 0.482. The Bertz CT molecular complexity index is 6790. The van der Waals surface area contributed by atoms with Crippen LogP contribution in [0.2, 0.25) is 13.1 Å². The Kier molecular flexibility index (Phi) is 19.2. The van der Waals surface area contributed by atoms with Crippen molar-refractivity contribution in [2.45, 2.75) is 23.9 Å². The first kappa shape index (κ1) is 76.9. The number of hydrogen-bond acceptors (Lipinski definition) is 4.